The van der Waals surface area contributed by atoms with Crippen molar-refractivity contribution in [3.8, 4) is 0 Å². The van der Waals surface area contributed by atoms with Crippen LogP contribution in [0.15, 0.2) is 76.0 Å². The van der Waals surface area contributed by atoms with Gasteiger partial charge < -0.3 is 10.6 Å². The molecule has 36 heavy (non-hydrogen) atoms. The smallest absolute Gasteiger partial charge is 0.259 e. The number of halogens is 1. The van der Waals surface area contributed by atoms with E-state index in [1.807, 2.05) is 35.7 Å². The van der Waals surface area contributed by atoms with Crippen LogP contribution < -0.4 is 10.6 Å². The van der Waals surface area contributed by atoms with Crippen LogP contribution in [0.25, 0.3) is 0 Å². The molecule has 3 heterocycles. The molecule has 3 aromatic rings. The van der Waals surface area contributed by atoms with E-state index in [4.69, 9.17) is 0 Å². The number of carbonyl (C=O) groups is 3. The average Bonchev–Trinajstić information content (AvgIpc) is 3.51. The van der Waals surface area contributed by atoms with E-state index >= 15 is 0 Å². The third-order valence-electron chi connectivity index (χ3n) is 5.43. The van der Waals surface area contributed by atoms with Crippen LogP contribution in [-0.4, -0.2) is 45.4 Å². The van der Waals surface area contributed by atoms with Gasteiger partial charge in [-0.2, -0.15) is 0 Å². The third kappa shape index (κ3) is 5.21. The molecule has 0 bridgehead atoms. The SMILES string of the molecule is O=C(C[C@H]1N=C2c3ccccc3N=C(SCC(=O)Nc3ccc(F)cc3)N2C1=O)NCc1cccs1. The number of para-hydroxylation sites is 1. The van der Waals surface area contributed by atoms with Crippen molar-refractivity contribution in [2.24, 2.45) is 9.98 Å². The highest BCUT2D eigenvalue weighted by molar-refractivity contribution is 8.14. The molecule has 0 radical (unpaired) electrons. The maximum atomic E-state index is 13.3. The Kier molecular flexibility index (Phi) is 6.92. The van der Waals surface area contributed by atoms with E-state index in [2.05, 4.69) is 20.6 Å². The van der Waals surface area contributed by atoms with E-state index in [9.17, 15) is 18.8 Å². The molecular formula is C25H20FN5O3S2. The summed E-state index contributed by atoms with van der Waals surface area (Å²) in [6.45, 7) is 0.395. The minimum Gasteiger partial charge on any atom is -0.351 e. The highest BCUT2D eigenvalue weighted by atomic mass is 32.2. The Hall–Kier alpha value is -3.83. The van der Waals surface area contributed by atoms with Gasteiger partial charge in [0.15, 0.2) is 5.17 Å². The first-order valence-electron chi connectivity index (χ1n) is 11.0. The van der Waals surface area contributed by atoms with Crippen molar-refractivity contribution in [2.45, 2.75) is 19.0 Å². The van der Waals surface area contributed by atoms with Crippen LogP contribution in [0.4, 0.5) is 15.8 Å². The first kappa shape index (κ1) is 23.9. The summed E-state index contributed by atoms with van der Waals surface area (Å²) in [5.74, 6) is -0.973. The van der Waals surface area contributed by atoms with Gasteiger partial charge in [-0.05, 0) is 47.8 Å². The van der Waals surface area contributed by atoms with Crippen LogP contribution >= 0.6 is 23.1 Å². The van der Waals surface area contributed by atoms with Crippen LogP contribution in [0.5, 0.6) is 0 Å². The van der Waals surface area contributed by atoms with Gasteiger partial charge in [0.05, 0.1) is 24.4 Å². The number of hydrogen-bond donors (Lipinski definition) is 2. The molecule has 2 N–H and O–H groups in total. The summed E-state index contributed by atoms with van der Waals surface area (Å²) in [6, 6.07) is 15.7. The van der Waals surface area contributed by atoms with Gasteiger partial charge in [0.1, 0.15) is 17.7 Å². The molecule has 5 rings (SSSR count). The van der Waals surface area contributed by atoms with Gasteiger partial charge in [-0.25, -0.2) is 14.3 Å². The number of anilines is 1. The van der Waals surface area contributed by atoms with Gasteiger partial charge in [0.25, 0.3) is 5.91 Å². The average molecular weight is 522 g/mol. The fourth-order valence-electron chi connectivity index (χ4n) is 3.74. The molecule has 0 saturated heterocycles. The van der Waals surface area contributed by atoms with Gasteiger partial charge in [-0.1, -0.05) is 30.0 Å². The fourth-order valence-corrected chi connectivity index (χ4v) is 5.18. The maximum Gasteiger partial charge on any atom is 0.259 e. The predicted octanol–water partition coefficient (Wildman–Crippen LogP) is 3.92. The number of thiophene rings is 1. The number of fused-ring (bicyclic) bond motifs is 3. The Morgan fingerprint density at radius 2 is 1.86 bits per heavy atom. The number of benzene rings is 2. The number of thioether (sulfide) groups is 1. The van der Waals surface area contributed by atoms with Crippen LogP contribution in [0.3, 0.4) is 0 Å². The Labute approximate surface area is 214 Å². The molecule has 1 aromatic heterocycles. The summed E-state index contributed by atoms with van der Waals surface area (Å²) in [6.07, 6.45) is -0.0879. The second kappa shape index (κ2) is 10.4. The number of rotatable bonds is 7. The summed E-state index contributed by atoms with van der Waals surface area (Å²) in [5.41, 5.74) is 1.78. The molecule has 0 fully saturated rings. The summed E-state index contributed by atoms with van der Waals surface area (Å²) >= 11 is 2.63. The van der Waals surface area contributed by atoms with Crippen molar-refractivity contribution < 1.29 is 18.8 Å². The highest BCUT2D eigenvalue weighted by Gasteiger charge is 2.42. The molecular weight excluding hydrogens is 501 g/mol. The molecule has 2 aliphatic rings. The molecule has 3 amide bonds. The van der Waals surface area contributed by atoms with Crippen molar-refractivity contribution in [3.63, 3.8) is 0 Å². The number of nitrogens with one attached hydrogen (secondary N) is 2. The molecule has 8 nitrogen and oxygen atoms in total. The number of carbonyl (C=O) groups excluding carboxylic acids is 3. The Balaban J connectivity index is 1.29. The lowest BCUT2D eigenvalue weighted by Crippen LogP contribution is -2.42. The second-order valence-corrected chi connectivity index (χ2v) is 9.93. The molecule has 182 valence electrons. The zero-order valence-corrected chi connectivity index (χ0v) is 20.4. The minimum atomic E-state index is -0.881. The third-order valence-corrected chi connectivity index (χ3v) is 7.24. The molecule has 0 aliphatic carbocycles. The quantitative estimate of drug-likeness (QED) is 0.492. The van der Waals surface area contributed by atoms with E-state index in [0.717, 1.165) is 16.6 Å². The molecule has 2 aliphatic heterocycles. The standard InChI is InChI=1S/C25H20FN5O3S2/c26-15-7-9-16(10-8-15)28-22(33)14-36-25-30-19-6-2-1-5-18(19)23-29-20(24(34)31(23)25)12-21(32)27-13-17-4-3-11-35-17/h1-11,20H,12-14H2,(H,27,32)(H,28,33)/t20-/m1/s1. The first-order valence-corrected chi connectivity index (χ1v) is 12.9. The predicted molar refractivity (Wildman–Crippen MR) is 139 cm³/mol. The van der Waals surface area contributed by atoms with Gasteiger partial charge in [0.2, 0.25) is 11.8 Å². The molecule has 2 aromatic carbocycles. The van der Waals surface area contributed by atoms with E-state index in [1.165, 1.54) is 29.2 Å². The summed E-state index contributed by atoms with van der Waals surface area (Å²) in [4.78, 5) is 49.9. The lowest BCUT2D eigenvalue weighted by Gasteiger charge is -2.25. The topological polar surface area (TPSA) is 103 Å². The van der Waals surface area contributed by atoms with Crippen LogP contribution in [0.1, 0.15) is 16.9 Å². The lowest BCUT2D eigenvalue weighted by atomic mass is 10.1. The maximum absolute atomic E-state index is 13.3. The zero-order valence-electron chi connectivity index (χ0n) is 18.8. The van der Waals surface area contributed by atoms with Crippen molar-refractivity contribution in [1.29, 1.82) is 0 Å². The number of amidine groups is 2. The summed E-state index contributed by atoms with van der Waals surface area (Å²) < 4.78 is 13.1. The van der Waals surface area contributed by atoms with Gasteiger partial charge in [-0.3, -0.25) is 19.4 Å². The second-order valence-electron chi connectivity index (χ2n) is 7.96. The van der Waals surface area contributed by atoms with Crippen molar-refractivity contribution in [3.05, 3.63) is 82.3 Å². The summed E-state index contributed by atoms with van der Waals surface area (Å²) in [5, 5.41) is 7.77. The number of amides is 3. The number of nitrogens with zero attached hydrogens (tertiary/aromatic N) is 3. The number of hydrogen-bond acceptors (Lipinski definition) is 7. The summed E-state index contributed by atoms with van der Waals surface area (Å²) in [7, 11) is 0. The first-order chi connectivity index (χ1) is 17.5. The molecule has 0 saturated carbocycles. The molecule has 0 unspecified atom stereocenters. The minimum absolute atomic E-state index is 0.0264. The van der Waals surface area contributed by atoms with E-state index in [1.54, 1.807) is 17.4 Å². The Bertz CT molecular complexity index is 1370. The molecule has 1 atom stereocenters. The van der Waals surface area contributed by atoms with Crippen molar-refractivity contribution in [2.75, 3.05) is 11.1 Å². The monoisotopic (exact) mass is 521 g/mol. The Morgan fingerprint density at radius 1 is 1.06 bits per heavy atom. The van der Waals surface area contributed by atoms with Gasteiger partial charge >= 0.3 is 0 Å². The zero-order chi connectivity index (χ0) is 25.1. The van der Waals surface area contributed by atoms with Crippen molar-refractivity contribution in [1.82, 2.24) is 10.2 Å². The van der Waals surface area contributed by atoms with E-state index in [-0.39, 0.29) is 29.9 Å². The van der Waals surface area contributed by atoms with E-state index in [0.29, 0.717) is 34.5 Å². The normalized spacial score (nSPS) is 16.1. The molecule has 0 spiro atoms. The van der Waals surface area contributed by atoms with Crippen LogP contribution in [0.2, 0.25) is 0 Å². The van der Waals surface area contributed by atoms with Crippen LogP contribution in [-0.2, 0) is 20.9 Å². The van der Waals surface area contributed by atoms with E-state index < -0.39 is 11.9 Å². The van der Waals surface area contributed by atoms with Crippen LogP contribution in [0, 0.1) is 5.82 Å². The lowest BCUT2D eigenvalue weighted by molar-refractivity contribution is -0.128. The Morgan fingerprint density at radius 3 is 2.64 bits per heavy atom. The molecule has 11 heteroatoms. The van der Waals surface area contributed by atoms with Gasteiger partial charge in [-0.15, -0.1) is 11.3 Å². The highest BCUT2D eigenvalue weighted by Crippen LogP contribution is 2.34. The number of aliphatic imine (C=N–C) groups is 2. The fraction of sp³-hybridized carbons (Fsp3) is 0.160. The largest absolute Gasteiger partial charge is 0.351 e. The van der Waals surface area contributed by atoms with Crippen molar-refractivity contribution >= 4 is 63.2 Å². The van der Waals surface area contributed by atoms with Gasteiger partial charge in [0, 0.05) is 16.1 Å².